The van der Waals surface area contributed by atoms with Gasteiger partial charge in [0.05, 0.1) is 53.8 Å². The van der Waals surface area contributed by atoms with E-state index in [1.54, 1.807) is 51.3 Å². The van der Waals surface area contributed by atoms with Crippen molar-refractivity contribution in [2.75, 3.05) is 20.8 Å². The Morgan fingerprint density at radius 1 is 1.04 bits per heavy atom. The van der Waals surface area contributed by atoms with Crippen molar-refractivity contribution in [3.05, 3.63) is 113 Å². The predicted octanol–water partition coefficient (Wildman–Crippen LogP) is 5.84. The number of aromatic nitrogens is 1. The lowest BCUT2D eigenvalue weighted by Crippen LogP contribution is -2.40. The van der Waals surface area contributed by atoms with Crippen LogP contribution in [0.1, 0.15) is 50.4 Å². The van der Waals surface area contributed by atoms with Crippen LogP contribution in [0.5, 0.6) is 23.0 Å². The highest BCUT2D eigenvalue weighted by molar-refractivity contribution is 7.07. The highest BCUT2D eigenvalue weighted by Crippen LogP contribution is 2.38. The third-order valence-electron chi connectivity index (χ3n) is 7.16. The zero-order valence-electron chi connectivity index (χ0n) is 26.5. The molecule has 4 aromatic rings. The monoisotopic (exact) mass is 662 g/mol. The maximum Gasteiger partial charge on any atom is 0.338 e. The van der Waals surface area contributed by atoms with Crippen LogP contribution in [0, 0.1) is 0 Å². The molecule has 46 heavy (non-hydrogen) atoms. The van der Waals surface area contributed by atoms with Crippen LogP contribution in [-0.2, 0) is 16.1 Å². The van der Waals surface area contributed by atoms with Gasteiger partial charge in [0.15, 0.2) is 27.8 Å². The van der Waals surface area contributed by atoms with Crippen molar-refractivity contribution < 1.29 is 28.5 Å². The summed E-state index contributed by atoms with van der Waals surface area (Å²) in [6.45, 7) is 7.80. The molecule has 0 amide bonds. The molecule has 0 spiro atoms. The first-order valence-corrected chi connectivity index (χ1v) is 15.9. The van der Waals surface area contributed by atoms with Crippen LogP contribution in [0.25, 0.3) is 6.08 Å². The molecule has 1 atom stereocenters. The van der Waals surface area contributed by atoms with Gasteiger partial charge in [0.2, 0.25) is 0 Å². The van der Waals surface area contributed by atoms with Gasteiger partial charge in [0.25, 0.3) is 5.56 Å². The molecule has 1 aliphatic rings. The number of carbonyl (C=O) groups excluding carboxylic acids is 1. The zero-order chi connectivity index (χ0) is 33.0. The van der Waals surface area contributed by atoms with E-state index in [-0.39, 0.29) is 23.8 Å². The Balaban J connectivity index is 1.61. The van der Waals surface area contributed by atoms with Gasteiger partial charge in [0, 0.05) is 0 Å². The van der Waals surface area contributed by atoms with Crippen LogP contribution in [0.4, 0.5) is 0 Å². The summed E-state index contributed by atoms with van der Waals surface area (Å²) in [7, 11) is 3.08. The Bertz CT molecular complexity index is 1960. The van der Waals surface area contributed by atoms with E-state index in [0.29, 0.717) is 60.8 Å². The smallest absolute Gasteiger partial charge is 0.338 e. The molecule has 0 unspecified atom stereocenters. The number of thiazole rings is 1. The van der Waals surface area contributed by atoms with Crippen molar-refractivity contribution in [3.63, 3.8) is 0 Å². The number of hydrogen-bond donors (Lipinski definition) is 0. The minimum atomic E-state index is -0.814. The summed E-state index contributed by atoms with van der Waals surface area (Å²) in [5.41, 5.74) is 2.66. The fourth-order valence-corrected chi connectivity index (χ4v) is 6.48. The second kappa shape index (κ2) is 14.3. The summed E-state index contributed by atoms with van der Waals surface area (Å²) in [4.78, 5) is 32.5. The number of rotatable bonds is 11. The largest absolute Gasteiger partial charge is 0.493 e. The van der Waals surface area contributed by atoms with E-state index < -0.39 is 12.0 Å². The highest BCUT2D eigenvalue weighted by Gasteiger charge is 2.34. The third-order valence-corrected chi connectivity index (χ3v) is 8.42. The minimum absolute atomic E-state index is 0.0775. The van der Waals surface area contributed by atoms with Gasteiger partial charge in [-0.1, -0.05) is 59.3 Å². The van der Waals surface area contributed by atoms with Gasteiger partial charge < -0.3 is 23.7 Å². The van der Waals surface area contributed by atoms with E-state index in [2.05, 4.69) is 4.99 Å². The van der Waals surface area contributed by atoms with E-state index in [9.17, 15) is 9.59 Å². The van der Waals surface area contributed by atoms with Crippen molar-refractivity contribution in [2.24, 2.45) is 4.99 Å². The second-order valence-electron chi connectivity index (χ2n) is 10.7. The average molecular weight is 663 g/mol. The number of fused-ring (bicyclic) bond motifs is 1. The van der Waals surface area contributed by atoms with E-state index in [0.717, 1.165) is 5.56 Å². The molecule has 0 fully saturated rings. The van der Waals surface area contributed by atoms with Crippen LogP contribution in [0.2, 0.25) is 5.02 Å². The molecule has 0 radical (unpaired) electrons. The maximum absolute atomic E-state index is 14.1. The molecule has 1 aromatic heterocycles. The highest BCUT2D eigenvalue weighted by atomic mass is 35.5. The van der Waals surface area contributed by atoms with Crippen molar-refractivity contribution >= 4 is 35.0 Å². The molecule has 0 bridgehead atoms. The molecule has 240 valence electrons. The van der Waals surface area contributed by atoms with Crippen LogP contribution >= 0.6 is 22.9 Å². The molecule has 11 heteroatoms. The van der Waals surface area contributed by atoms with Gasteiger partial charge in [-0.25, -0.2) is 9.79 Å². The van der Waals surface area contributed by atoms with Gasteiger partial charge in [-0.2, -0.15) is 0 Å². The maximum atomic E-state index is 14.1. The lowest BCUT2D eigenvalue weighted by atomic mass is 9.95. The van der Waals surface area contributed by atoms with Crippen LogP contribution in [0.3, 0.4) is 0 Å². The molecule has 3 aromatic carbocycles. The van der Waals surface area contributed by atoms with Gasteiger partial charge in [-0.05, 0) is 74.7 Å². The van der Waals surface area contributed by atoms with E-state index in [4.69, 9.17) is 35.3 Å². The van der Waals surface area contributed by atoms with Crippen molar-refractivity contribution in [3.8, 4) is 23.0 Å². The first-order valence-electron chi connectivity index (χ1n) is 14.7. The van der Waals surface area contributed by atoms with E-state index in [1.807, 2.05) is 50.2 Å². The van der Waals surface area contributed by atoms with Gasteiger partial charge >= 0.3 is 5.97 Å². The van der Waals surface area contributed by atoms with Crippen molar-refractivity contribution in [1.82, 2.24) is 4.57 Å². The summed E-state index contributed by atoms with van der Waals surface area (Å²) in [5, 5.41) is 0.337. The number of esters is 1. The molecule has 1 aliphatic heterocycles. The molecule has 0 saturated heterocycles. The zero-order valence-corrected chi connectivity index (χ0v) is 28.0. The molecular weight excluding hydrogens is 628 g/mol. The average Bonchev–Trinajstić information content (AvgIpc) is 3.33. The van der Waals surface area contributed by atoms with Crippen molar-refractivity contribution in [2.45, 2.75) is 46.4 Å². The van der Waals surface area contributed by atoms with Gasteiger partial charge in [-0.3, -0.25) is 9.36 Å². The molecule has 0 saturated carbocycles. The summed E-state index contributed by atoms with van der Waals surface area (Å²) in [5.74, 6) is 1.31. The first kappa shape index (κ1) is 32.8. The Morgan fingerprint density at radius 2 is 1.78 bits per heavy atom. The number of ether oxygens (including phenoxy) is 5. The number of methoxy groups -OCH3 is 2. The molecule has 9 nitrogen and oxygen atoms in total. The number of halogens is 1. The normalized spacial score (nSPS) is 14.5. The Hall–Kier alpha value is -4.54. The van der Waals surface area contributed by atoms with Gasteiger partial charge in [0.1, 0.15) is 6.61 Å². The number of benzene rings is 3. The molecule has 5 rings (SSSR count). The number of hydrogen-bond acceptors (Lipinski definition) is 9. The standard InChI is InChI=1S/C35H35ClN2O7S/c1-7-43-34(40)30-21(4)37-35-38(31(30)24-13-14-26(45-20(2)3)27(18-24)41-5)33(39)29(46-35)17-23-15-25(36)32(28(16-23)42-6)44-19-22-11-9-8-10-12-22/h8-18,20,31H,7,19H2,1-6H3/b29-17-/t31-/m0/s1. The molecule has 0 N–H and O–H groups in total. The molecule has 0 aliphatic carbocycles. The van der Waals surface area contributed by atoms with E-state index >= 15 is 0 Å². The fourth-order valence-electron chi connectivity index (χ4n) is 5.16. The lowest BCUT2D eigenvalue weighted by molar-refractivity contribution is -0.139. The van der Waals surface area contributed by atoms with Gasteiger partial charge in [-0.15, -0.1) is 0 Å². The second-order valence-corrected chi connectivity index (χ2v) is 12.1. The Morgan fingerprint density at radius 3 is 2.46 bits per heavy atom. The number of nitrogens with zero attached hydrogens (tertiary/aromatic N) is 2. The summed E-state index contributed by atoms with van der Waals surface area (Å²) < 4.78 is 30.5. The van der Waals surface area contributed by atoms with Crippen LogP contribution in [0.15, 0.2) is 81.7 Å². The quantitative estimate of drug-likeness (QED) is 0.186. The molecular formula is C35H35ClN2O7S. The van der Waals surface area contributed by atoms with E-state index in [1.165, 1.54) is 23.0 Å². The lowest BCUT2D eigenvalue weighted by Gasteiger charge is -2.25. The summed E-state index contributed by atoms with van der Waals surface area (Å²) >= 11 is 7.87. The summed E-state index contributed by atoms with van der Waals surface area (Å²) in [6, 6.07) is 17.8. The minimum Gasteiger partial charge on any atom is -0.493 e. The SMILES string of the molecule is CCOC(=O)C1=C(C)N=c2s/c(=C\c3cc(Cl)c(OCc4ccccc4)c(OC)c3)c(=O)n2[C@H]1c1ccc(OC(C)C)c(OC)c1. The first-order chi connectivity index (χ1) is 22.1. The number of carbonyl (C=O) groups is 1. The van der Waals surface area contributed by atoms with Crippen LogP contribution < -0.4 is 33.8 Å². The predicted molar refractivity (Wildman–Crippen MR) is 178 cm³/mol. The topological polar surface area (TPSA) is 97.6 Å². The fraction of sp³-hybridized carbons (Fsp3) is 0.286. The third kappa shape index (κ3) is 6.83. The molecule has 2 heterocycles. The van der Waals surface area contributed by atoms with Crippen molar-refractivity contribution in [1.29, 1.82) is 0 Å². The van der Waals surface area contributed by atoms with Crippen LogP contribution in [-0.4, -0.2) is 37.5 Å². The number of allylic oxidation sites excluding steroid dienone is 1. The Labute approximate surface area is 275 Å². The Kier molecular flexibility index (Phi) is 10.2. The summed E-state index contributed by atoms with van der Waals surface area (Å²) in [6.07, 6.45) is 1.64.